The minimum absolute atomic E-state index is 0.0919. The number of thiophene rings is 1. The van der Waals surface area contributed by atoms with Crippen molar-refractivity contribution >= 4 is 28.7 Å². The van der Waals surface area contributed by atoms with Crippen LogP contribution >= 0.6 is 23.6 Å². The molecule has 0 radical (unpaired) electrons. The lowest BCUT2D eigenvalue weighted by Gasteiger charge is -2.47. The Balaban J connectivity index is 1.72. The van der Waals surface area contributed by atoms with Crippen molar-refractivity contribution in [2.75, 3.05) is 0 Å². The molecule has 2 aromatic rings. The first-order chi connectivity index (χ1) is 12.7. The van der Waals surface area contributed by atoms with E-state index in [0.29, 0.717) is 12.6 Å². The van der Waals surface area contributed by atoms with E-state index in [0.717, 1.165) is 30.2 Å². The predicted octanol–water partition coefficient (Wildman–Crippen LogP) is 4.33. The van der Waals surface area contributed by atoms with Gasteiger partial charge < -0.3 is 15.5 Å². The highest BCUT2D eigenvalue weighted by Crippen LogP contribution is 2.28. The summed E-state index contributed by atoms with van der Waals surface area (Å²) >= 11 is 7.62. The van der Waals surface area contributed by atoms with Gasteiger partial charge in [-0.3, -0.25) is 4.98 Å². The zero-order valence-corrected chi connectivity index (χ0v) is 18.3. The van der Waals surface area contributed by atoms with E-state index in [9.17, 15) is 0 Å². The molecule has 0 spiro atoms. The highest BCUT2D eigenvalue weighted by atomic mass is 32.1. The molecule has 1 aliphatic heterocycles. The van der Waals surface area contributed by atoms with Gasteiger partial charge in [-0.05, 0) is 76.3 Å². The molecule has 0 saturated carbocycles. The third kappa shape index (κ3) is 5.99. The van der Waals surface area contributed by atoms with Crippen molar-refractivity contribution in [2.45, 2.75) is 70.7 Å². The molecule has 0 aromatic carbocycles. The van der Waals surface area contributed by atoms with Gasteiger partial charge in [0.15, 0.2) is 5.11 Å². The number of piperidine rings is 1. The summed E-state index contributed by atoms with van der Waals surface area (Å²) in [6.07, 6.45) is 3.94. The fourth-order valence-corrected chi connectivity index (χ4v) is 5.18. The van der Waals surface area contributed by atoms with Crippen LogP contribution in [-0.4, -0.2) is 32.1 Å². The Labute approximate surface area is 172 Å². The van der Waals surface area contributed by atoms with E-state index < -0.39 is 0 Å². The SMILES string of the molecule is CC1(C)CC(NC(=S)N(Cc2ccccn2)Cc2cccs2)CC(C)(C)N1. The molecule has 4 nitrogen and oxygen atoms in total. The summed E-state index contributed by atoms with van der Waals surface area (Å²) in [5, 5.41) is 10.3. The molecule has 6 heteroatoms. The molecule has 3 heterocycles. The van der Waals surface area contributed by atoms with Crippen LogP contribution in [0.3, 0.4) is 0 Å². The van der Waals surface area contributed by atoms with Crippen molar-refractivity contribution in [3.63, 3.8) is 0 Å². The lowest BCUT2D eigenvalue weighted by atomic mass is 9.80. The Bertz CT molecular complexity index is 725. The number of thiocarbonyl (C=S) groups is 1. The van der Waals surface area contributed by atoms with Gasteiger partial charge in [-0.15, -0.1) is 11.3 Å². The van der Waals surface area contributed by atoms with Gasteiger partial charge in [0.2, 0.25) is 0 Å². The standard InChI is InChI=1S/C21H30N4S2/c1-20(2)12-17(13-21(3,4)24-20)23-19(26)25(15-18-9-7-11-27-18)14-16-8-5-6-10-22-16/h5-11,17,24H,12-15H2,1-4H3,(H,23,26). The van der Waals surface area contributed by atoms with Crippen LogP contribution in [0.4, 0.5) is 0 Å². The Morgan fingerprint density at radius 3 is 2.52 bits per heavy atom. The molecule has 0 unspecified atom stereocenters. The zero-order valence-electron chi connectivity index (χ0n) is 16.7. The van der Waals surface area contributed by atoms with Crippen LogP contribution in [0.1, 0.15) is 51.1 Å². The van der Waals surface area contributed by atoms with Crippen molar-refractivity contribution in [2.24, 2.45) is 0 Å². The van der Waals surface area contributed by atoms with Crippen LogP contribution in [-0.2, 0) is 13.1 Å². The van der Waals surface area contributed by atoms with E-state index in [1.165, 1.54) is 4.88 Å². The molecule has 27 heavy (non-hydrogen) atoms. The normalized spacial score (nSPS) is 18.8. The molecule has 0 bridgehead atoms. The smallest absolute Gasteiger partial charge is 0.169 e. The number of pyridine rings is 1. The van der Waals surface area contributed by atoms with Crippen LogP contribution in [0.2, 0.25) is 0 Å². The Morgan fingerprint density at radius 2 is 1.93 bits per heavy atom. The molecule has 0 amide bonds. The highest BCUT2D eigenvalue weighted by molar-refractivity contribution is 7.80. The van der Waals surface area contributed by atoms with Gasteiger partial charge in [0, 0.05) is 28.2 Å². The lowest BCUT2D eigenvalue weighted by Crippen LogP contribution is -2.62. The van der Waals surface area contributed by atoms with Crippen molar-refractivity contribution in [3.8, 4) is 0 Å². The number of nitrogens with one attached hydrogen (secondary N) is 2. The second-order valence-corrected chi connectivity index (χ2v) is 10.1. The van der Waals surface area contributed by atoms with Crippen LogP contribution in [0, 0.1) is 0 Å². The molecule has 1 fully saturated rings. The number of aromatic nitrogens is 1. The van der Waals surface area contributed by atoms with E-state index >= 15 is 0 Å². The molecule has 1 saturated heterocycles. The lowest BCUT2D eigenvalue weighted by molar-refractivity contribution is 0.153. The van der Waals surface area contributed by atoms with E-state index in [4.69, 9.17) is 12.2 Å². The molecule has 3 rings (SSSR count). The maximum atomic E-state index is 5.85. The summed E-state index contributed by atoms with van der Waals surface area (Å²) in [4.78, 5) is 8.02. The highest BCUT2D eigenvalue weighted by Gasteiger charge is 2.38. The van der Waals surface area contributed by atoms with Gasteiger partial charge in [0.25, 0.3) is 0 Å². The monoisotopic (exact) mass is 402 g/mol. The maximum absolute atomic E-state index is 5.85. The van der Waals surface area contributed by atoms with E-state index in [1.54, 1.807) is 11.3 Å². The summed E-state index contributed by atoms with van der Waals surface area (Å²) in [5.41, 5.74) is 1.22. The zero-order chi connectivity index (χ0) is 19.5. The molecular weight excluding hydrogens is 372 g/mol. The molecule has 2 N–H and O–H groups in total. The van der Waals surface area contributed by atoms with Crippen LogP contribution in [0.5, 0.6) is 0 Å². The van der Waals surface area contributed by atoms with Crippen molar-refractivity contribution in [1.82, 2.24) is 20.5 Å². The predicted molar refractivity (Wildman–Crippen MR) is 118 cm³/mol. The van der Waals surface area contributed by atoms with E-state index in [1.807, 2.05) is 18.3 Å². The second kappa shape index (κ2) is 8.25. The van der Waals surface area contributed by atoms with E-state index in [-0.39, 0.29) is 11.1 Å². The average Bonchev–Trinajstić information content (AvgIpc) is 3.05. The Morgan fingerprint density at radius 1 is 1.19 bits per heavy atom. The van der Waals surface area contributed by atoms with Crippen molar-refractivity contribution < 1.29 is 0 Å². The number of hydrogen-bond acceptors (Lipinski definition) is 4. The summed E-state index contributed by atoms with van der Waals surface area (Å²) < 4.78 is 0. The molecule has 146 valence electrons. The third-order valence-electron chi connectivity index (χ3n) is 4.81. The average molecular weight is 403 g/mol. The van der Waals surface area contributed by atoms with Gasteiger partial charge in [-0.2, -0.15) is 0 Å². The fourth-order valence-electron chi connectivity index (χ4n) is 4.17. The van der Waals surface area contributed by atoms with Gasteiger partial charge in [-0.1, -0.05) is 12.1 Å². The minimum Gasteiger partial charge on any atom is -0.360 e. The Hall–Kier alpha value is -1.50. The first kappa shape index (κ1) is 20.2. The number of hydrogen-bond donors (Lipinski definition) is 2. The Kier molecular flexibility index (Phi) is 6.18. The summed E-state index contributed by atoms with van der Waals surface area (Å²) in [6.45, 7) is 10.6. The fraction of sp³-hybridized carbons (Fsp3) is 0.524. The summed E-state index contributed by atoms with van der Waals surface area (Å²) in [6, 6.07) is 10.6. The minimum atomic E-state index is 0.0919. The molecular formula is C21H30N4S2. The number of rotatable bonds is 5. The molecule has 1 aliphatic rings. The van der Waals surface area contributed by atoms with Crippen LogP contribution in [0.15, 0.2) is 41.9 Å². The van der Waals surface area contributed by atoms with Gasteiger partial charge >= 0.3 is 0 Å². The first-order valence-electron chi connectivity index (χ1n) is 9.50. The first-order valence-corrected chi connectivity index (χ1v) is 10.8. The summed E-state index contributed by atoms with van der Waals surface area (Å²) in [5.74, 6) is 0. The molecule has 2 aromatic heterocycles. The van der Waals surface area contributed by atoms with Gasteiger partial charge in [0.1, 0.15) is 0 Å². The maximum Gasteiger partial charge on any atom is 0.169 e. The third-order valence-corrected chi connectivity index (χ3v) is 6.05. The van der Waals surface area contributed by atoms with Gasteiger partial charge in [-0.25, -0.2) is 0 Å². The van der Waals surface area contributed by atoms with Gasteiger partial charge in [0.05, 0.1) is 18.8 Å². The van der Waals surface area contributed by atoms with Crippen molar-refractivity contribution in [1.29, 1.82) is 0 Å². The second-order valence-electron chi connectivity index (χ2n) is 8.70. The molecule has 0 aliphatic carbocycles. The largest absolute Gasteiger partial charge is 0.360 e. The van der Waals surface area contributed by atoms with Crippen LogP contribution < -0.4 is 10.6 Å². The quantitative estimate of drug-likeness (QED) is 0.729. The topological polar surface area (TPSA) is 40.2 Å². The number of nitrogens with zero attached hydrogens (tertiary/aromatic N) is 2. The van der Waals surface area contributed by atoms with E-state index in [2.05, 4.69) is 71.8 Å². The van der Waals surface area contributed by atoms with Crippen molar-refractivity contribution in [3.05, 3.63) is 52.5 Å². The summed E-state index contributed by atoms with van der Waals surface area (Å²) in [7, 11) is 0. The van der Waals surface area contributed by atoms with Crippen LogP contribution in [0.25, 0.3) is 0 Å². The molecule has 0 atom stereocenters.